The molecule has 0 saturated carbocycles. The summed E-state index contributed by atoms with van der Waals surface area (Å²) in [5.41, 5.74) is 1.49. The zero-order valence-corrected chi connectivity index (χ0v) is 18.9. The molecule has 176 valence electrons. The summed E-state index contributed by atoms with van der Waals surface area (Å²) in [4.78, 5) is 14.1. The summed E-state index contributed by atoms with van der Waals surface area (Å²) < 4.78 is 68.0. The predicted molar refractivity (Wildman–Crippen MR) is 124 cm³/mol. The van der Waals surface area contributed by atoms with Crippen LogP contribution >= 0.6 is 0 Å². The van der Waals surface area contributed by atoms with Gasteiger partial charge < -0.3 is 4.98 Å². The maximum absolute atomic E-state index is 13.4. The van der Waals surface area contributed by atoms with E-state index in [1.807, 2.05) is 31.2 Å². The highest BCUT2D eigenvalue weighted by Crippen LogP contribution is 2.33. The molecule has 2 N–H and O–H groups in total. The van der Waals surface area contributed by atoms with Gasteiger partial charge in [-0.05, 0) is 54.3 Å². The van der Waals surface area contributed by atoms with Gasteiger partial charge in [0.2, 0.25) is 15.6 Å². The van der Waals surface area contributed by atoms with Crippen LogP contribution in [-0.2, 0) is 29.2 Å². The number of aromatic nitrogens is 1. The topological polar surface area (TPSA) is 79.0 Å². The van der Waals surface area contributed by atoms with Crippen molar-refractivity contribution in [1.82, 2.24) is 9.71 Å². The lowest BCUT2D eigenvalue weighted by Crippen LogP contribution is -2.23. The Morgan fingerprint density at radius 3 is 2.26 bits per heavy atom. The highest BCUT2D eigenvalue weighted by atomic mass is 32.2. The summed E-state index contributed by atoms with van der Waals surface area (Å²) >= 11 is 0. The highest BCUT2D eigenvalue weighted by Gasteiger charge is 2.33. The second-order valence-electron chi connectivity index (χ2n) is 8.06. The molecular weight excluding hydrogens is 465 g/mol. The van der Waals surface area contributed by atoms with Crippen molar-refractivity contribution in [3.8, 4) is 0 Å². The molecule has 0 aliphatic carbocycles. The van der Waals surface area contributed by atoms with Crippen molar-refractivity contribution in [1.29, 1.82) is 0 Å². The van der Waals surface area contributed by atoms with Crippen LogP contribution in [0.3, 0.4) is 0 Å². The van der Waals surface area contributed by atoms with Gasteiger partial charge in [0.05, 0.1) is 10.5 Å². The first-order valence-corrected chi connectivity index (χ1v) is 11.9. The smallest absolute Gasteiger partial charge is 0.322 e. The summed E-state index contributed by atoms with van der Waals surface area (Å²) in [6.45, 7) is 2.09. The normalized spacial score (nSPS) is 12.2. The van der Waals surface area contributed by atoms with Crippen LogP contribution in [-0.4, -0.2) is 13.4 Å². The van der Waals surface area contributed by atoms with E-state index >= 15 is 0 Å². The lowest BCUT2D eigenvalue weighted by molar-refractivity contribution is -0.136. The lowest BCUT2D eigenvalue weighted by atomic mass is 10.0. The minimum Gasteiger partial charge on any atom is -0.322 e. The molecule has 0 bridgehead atoms. The van der Waals surface area contributed by atoms with Crippen LogP contribution in [0.15, 0.2) is 82.5 Å². The van der Waals surface area contributed by atoms with Crippen molar-refractivity contribution in [3.63, 3.8) is 0 Å². The molecule has 0 fully saturated rings. The number of fused-ring (bicyclic) bond motifs is 1. The molecule has 0 amide bonds. The minimum atomic E-state index is -4.66. The molecule has 0 unspecified atom stereocenters. The number of pyridine rings is 1. The molecule has 0 saturated heterocycles. The van der Waals surface area contributed by atoms with E-state index in [0.29, 0.717) is 18.1 Å². The molecule has 3 aromatic carbocycles. The summed E-state index contributed by atoms with van der Waals surface area (Å²) in [7, 11) is -3.72. The Balaban J connectivity index is 1.53. The molecule has 1 aromatic heterocycles. The number of rotatable bonds is 6. The van der Waals surface area contributed by atoms with E-state index in [9.17, 15) is 26.4 Å². The van der Waals surface area contributed by atoms with Gasteiger partial charge in [-0.2, -0.15) is 13.2 Å². The number of aromatic amines is 1. The Kier molecular flexibility index (Phi) is 6.33. The monoisotopic (exact) mass is 486 g/mol. The summed E-state index contributed by atoms with van der Waals surface area (Å²) in [6.07, 6.45) is -4.37. The summed E-state index contributed by atoms with van der Waals surface area (Å²) in [5.74, 6) is 0. The Morgan fingerprint density at radius 2 is 1.59 bits per heavy atom. The van der Waals surface area contributed by atoms with Gasteiger partial charge in [-0.1, -0.05) is 48.0 Å². The van der Waals surface area contributed by atoms with Crippen LogP contribution in [0.25, 0.3) is 10.9 Å². The first kappa shape index (κ1) is 23.7. The fourth-order valence-electron chi connectivity index (χ4n) is 3.75. The van der Waals surface area contributed by atoms with E-state index in [2.05, 4.69) is 9.71 Å². The Morgan fingerprint density at radius 1 is 0.882 bits per heavy atom. The van der Waals surface area contributed by atoms with Crippen LogP contribution in [0.5, 0.6) is 0 Å². The van der Waals surface area contributed by atoms with Crippen LogP contribution in [0.2, 0.25) is 0 Å². The maximum atomic E-state index is 13.4. The quantitative estimate of drug-likeness (QED) is 0.406. The van der Waals surface area contributed by atoms with Crippen LogP contribution in [0.1, 0.15) is 27.8 Å². The van der Waals surface area contributed by atoms with Gasteiger partial charge in [0.15, 0.2) is 0 Å². The minimum absolute atomic E-state index is 0.0934. The van der Waals surface area contributed by atoms with Gasteiger partial charge in [0, 0.05) is 23.5 Å². The highest BCUT2D eigenvalue weighted by molar-refractivity contribution is 7.89. The Bertz CT molecular complexity index is 1510. The second kappa shape index (κ2) is 9.08. The molecule has 0 aliphatic rings. The van der Waals surface area contributed by atoms with Gasteiger partial charge >= 0.3 is 6.18 Å². The average Bonchev–Trinajstić information content (AvgIpc) is 2.77. The van der Waals surface area contributed by atoms with Crippen molar-refractivity contribution < 1.29 is 21.6 Å². The molecule has 0 spiro atoms. The van der Waals surface area contributed by atoms with Gasteiger partial charge in [-0.3, -0.25) is 4.79 Å². The average molecular weight is 487 g/mol. The molecule has 0 radical (unpaired) electrons. The zero-order valence-electron chi connectivity index (χ0n) is 18.1. The number of aryl methyl sites for hydroxylation is 1. The number of benzene rings is 3. The number of H-pyrrole nitrogens is 1. The van der Waals surface area contributed by atoms with Crippen LogP contribution < -0.4 is 10.3 Å². The van der Waals surface area contributed by atoms with Crippen LogP contribution in [0.4, 0.5) is 13.2 Å². The van der Waals surface area contributed by atoms with Crippen molar-refractivity contribution in [3.05, 3.63) is 111 Å². The van der Waals surface area contributed by atoms with E-state index < -0.39 is 27.3 Å². The summed E-state index contributed by atoms with van der Waals surface area (Å²) in [6, 6.07) is 18.7. The van der Waals surface area contributed by atoms with E-state index in [4.69, 9.17) is 0 Å². The standard InChI is InChI=1S/C25H21F3N2O3S/c1-16-3-2-4-19(11-16)15-29-34(32,33)20-8-5-17(6-9-20)12-18-7-10-23-21(13-18)22(25(26,27)28)14-24(31)30-23/h2-11,13-14,29H,12,15H2,1H3,(H,30,31). The largest absolute Gasteiger partial charge is 0.417 e. The van der Waals surface area contributed by atoms with Gasteiger partial charge in [-0.15, -0.1) is 0 Å². The third-order valence-electron chi connectivity index (χ3n) is 5.40. The third-order valence-corrected chi connectivity index (χ3v) is 6.82. The number of nitrogens with one attached hydrogen (secondary N) is 2. The van der Waals surface area contributed by atoms with Crippen molar-refractivity contribution >= 4 is 20.9 Å². The second-order valence-corrected chi connectivity index (χ2v) is 9.83. The Hall–Kier alpha value is -3.43. The maximum Gasteiger partial charge on any atom is 0.417 e. The van der Waals surface area contributed by atoms with Gasteiger partial charge in [-0.25, -0.2) is 13.1 Å². The van der Waals surface area contributed by atoms with E-state index in [1.54, 1.807) is 18.2 Å². The number of sulfonamides is 1. The van der Waals surface area contributed by atoms with Crippen molar-refractivity contribution in [2.24, 2.45) is 0 Å². The third kappa shape index (κ3) is 5.37. The molecule has 9 heteroatoms. The molecule has 34 heavy (non-hydrogen) atoms. The molecule has 4 rings (SSSR count). The van der Waals surface area contributed by atoms with E-state index in [-0.39, 0.29) is 22.3 Å². The van der Waals surface area contributed by atoms with Crippen LogP contribution in [0, 0.1) is 6.92 Å². The Labute approximate surface area is 194 Å². The fourth-order valence-corrected chi connectivity index (χ4v) is 4.77. The molecule has 1 heterocycles. The number of hydrogen-bond acceptors (Lipinski definition) is 3. The first-order valence-electron chi connectivity index (χ1n) is 10.4. The number of halogens is 3. The fraction of sp³-hybridized carbons (Fsp3) is 0.160. The van der Waals surface area contributed by atoms with Gasteiger partial charge in [0.1, 0.15) is 0 Å². The molecular formula is C25H21F3N2O3S. The number of hydrogen-bond donors (Lipinski definition) is 2. The SMILES string of the molecule is Cc1cccc(CNS(=O)(=O)c2ccc(Cc3ccc4[nH]c(=O)cc(C(F)(F)F)c4c3)cc2)c1. The van der Waals surface area contributed by atoms with E-state index in [0.717, 1.165) is 16.7 Å². The van der Waals surface area contributed by atoms with Crippen molar-refractivity contribution in [2.75, 3.05) is 0 Å². The lowest BCUT2D eigenvalue weighted by Gasteiger charge is -2.12. The predicted octanol–water partition coefficient (Wildman–Crippen LogP) is 4.92. The summed E-state index contributed by atoms with van der Waals surface area (Å²) in [5, 5.41) is -0.0934. The van der Waals surface area contributed by atoms with Crippen molar-refractivity contribution in [2.45, 2.75) is 31.0 Å². The molecule has 4 aromatic rings. The van der Waals surface area contributed by atoms with Gasteiger partial charge in [0.25, 0.3) is 0 Å². The molecule has 0 atom stereocenters. The molecule has 5 nitrogen and oxygen atoms in total. The molecule has 0 aliphatic heterocycles. The first-order chi connectivity index (χ1) is 16.0. The van der Waals surface area contributed by atoms with E-state index in [1.165, 1.54) is 24.3 Å². The zero-order chi connectivity index (χ0) is 24.5. The number of alkyl halides is 3.